The average Bonchev–Trinajstić information content (AvgIpc) is 2.54. The van der Waals surface area contributed by atoms with Crippen molar-refractivity contribution in [2.24, 2.45) is 10.4 Å². The molecule has 1 saturated carbocycles. The number of piperazine rings is 3. The van der Waals surface area contributed by atoms with Crippen LogP contribution in [-0.2, 0) is 4.74 Å². The van der Waals surface area contributed by atoms with Crippen molar-refractivity contribution >= 4 is 29.9 Å². The van der Waals surface area contributed by atoms with Gasteiger partial charge in [-0.05, 0) is 6.42 Å². The normalized spacial score (nSPS) is 38.4. The van der Waals surface area contributed by atoms with Crippen molar-refractivity contribution in [1.82, 2.24) is 20.4 Å². The van der Waals surface area contributed by atoms with Gasteiger partial charge in [0.15, 0.2) is 5.96 Å². The molecule has 4 aliphatic rings. The van der Waals surface area contributed by atoms with Gasteiger partial charge in [0.1, 0.15) is 0 Å². The van der Waals surface area contributed by atoms with Crippen LogP contribution in [0.15, 0.2) is 4.99 Å². The second-order valence-corrected chi connectivity index (χ2v) is 7.42. The van der Waals surface area contributed by atoms with E-state index in [2.05, 4.69) is 39.3 Å². The van der Waals surface area contributed by atoms with Crippen molar-refractivity contribution in [2.75, 3.05) is 53.4 Å². The Hall–Kier alpha value is -0.120. The Labute approximate surface area is 157 Å². The molecule has 134 valence electrons. The van der Waals surface area contributed by atoms with E-state index in [1.165, 1.54) is 32.7 Å². The molecule has 0 radical (unpaired) electrons. The van der Waals surface area contributed by atoms with E-state index in [0.717, 1.165) is 18.9 Å². The third-order valence-electron chi connectivity index (χ3n) is 5.89. The van der Waals surface area contributed by atoms with Crippen LogP contribution in [0.25, 0.3) is 0 Å². The van der Waals surface area contributed by atoms with Crippen molar-refractivity contribution in [3.63, 3.8) is 0 Å². The second kappa shape index (κ2) is 7.84. The van der Waals surface area contributed by atoms with Crippen LogP contribution < -0.4 is 10.6 Å². The van der Waals surface area contributed by atoms with E-state index in [1.54, 1.807) is 7.11 Å². The predicted octanol–water partition coefficient (Wildman–Crippen LogP) is 0.583. The van der Waals surface area contributed by atoms with Crippen LogP contribution >= 0.6 is 24.0 Å². The van der Waals surface area contributed by atoms with Crippen molar-refractivity contribution < 1.29 is 4.74 Å². The highest BCUT2D eigenvalue weighted by Gasteiger charge is 2.49. The molecule has 3 saturated heterocycles. The molecule has 0 aromatic heterocycles. The molecule has 23 heavy (non-hydrogen) atoms. The lowest BCUT2D eigenvalue weighted by Crippen LogP contribution is -2.66. The molecule has 7 heteroatoms. The van der Waals surface area contributed by atoms with Gasteiger partial charge >= 0.3 is 0 Å². The molecule has 4 fully saturated rings. The number of ether oxygens (including phenoxy) is 1. The van der Waals surface area contributed by atoms with Gasteiger partial charge in [0.05, 0.1) is 6.10 Å². The standard InChI is InChI=1S/C16H31N5O.HI/c1-16(2)13(9-14(16)22-4)19-15(17-3)18-10-12-11-20-5-7-21(12)8-6-20;/h12-14H,5-11H2,1-4H3,(H2,17,18,19);1H. The van der Waals surface area contributed by atoms with Gasteiger partial charge in [-0.1, -0.05) is 13.8 Å². The molecular formula is C16H32IN5O. The first kappa shape index (κ1) is 19.2. The van der Waals surface area contributed by atoms with E-state index >= 15 is 0 Å². The maximum Gasteiger partial charge on any atom is 0.191 e. The zero-order valence-corrected chi connectivity index (χ0v) is 17.2. The lowest BCUT2D eigenvalue weighted by molar-refractivity contribution is -0.0923. The van der Waals surface area contributed by atoms with Crippen molar-refractivity contribution in [1.29, 1.82) is 0 Å². The predicted molar refractivity (Wildman–Crippen MR) is 105 cm³/mol. The summed E-state index contributed by atoms with van der Waals surface area (Å²) in [5.41, 5.74) is 0.158. The van der Waals surface area contributed by atoms with E-state index in [-0.39, 0.29) is 29.4 Å². The van der Waals surface area contributed by atoms with Crippen LogP contribution in [0.4, 0.5) is 0 Å². The first-order valence-electron chi connectivity index (χ1n) is 8.51. The summed E-state index contributed by atoms with van der Waals surface area (Å²) in [6.45, 7) is 11.6. The van der Waals surface area contributed by atoms with Gasteiger partial charge in [-0.3, -0.25) is 14.8 Å². The highest BCUT2D eigenvalue weighted by molar-refractivity contribution is 14.0. The molecule has 0 aromatic carbocycles. The molecule has 4 rings (SSSR count). The minimum Gasteiger partial charge on any atom is -0.381 e. The Kier molecular flexibility index (Phi) is 6.55. The lowest BCUT2D eigenvalue weighted by Gasteiger charge is -2.51. The Bertz CT molecular complexity index is 423. The molecule has 0 aromatic rings. The largest absolute Gasteiger partial charge is 0.381 e. The summed E-state index contributed by atoms with van der Waals surface area (Å²) in [6, 6.07) is 1.04. The van der Waals surface area contributed by atoms with E-state index in [0.29, 0.717) is 18.2 Å². The summed E-state index contributed by atoms with van der Waals surface area (Å²) in [7, 11) is 3.66. The van der Waals surface area contributed by atoms with E-state index < -0.39 is 0 Å². The number of nitrogens with zero attached hydrogens (tertiary/aromatic N) is 3. The van der Waals surface area contributed by atoms with Crippen molar-refractivity contribution in [2.45, 2.75) is 38.5 Å². The van der Waals surface area contributed by atoms with Crippen molar-refractivity contribution in [3.8, 4) is 0 Å². The third kappa shape index (κ3) is 3.93. The second-order valence-electron chi connectivity index (χ2n) is 7.42. The number of hydrogen-bond donors (Lipinski definition) is 2. The fraction of sp³-hybridized carbons (Fsp3) is 0.938. The highest BCUT2D eigenvalue weighted by atomic mass is 127. The van der Waals surface area contributed by atoms with Crippen LogP contribution in [0.5, 0.6) is 0 Å². The first-order valence-corrected chi connectivity index (χ1v) is 8.51. The van der Waals surface area contributed by atoms with E-state index in [1.807, 2.05) is 7.05 Å². The fourth-order valence-corrected chi connectivity index (χ4v) is 4.02. The van der Waals surface area contributed by atoms with E-state index in [9.17, 15) is 0 Å². The zero-order chi connectivity index (χ0) is 15.7. The Balaban J connectivity index is 0.00000192. The number of methoxy groups -OCH3 is 1. The molecule has 0 amide bonds. The van der Waals surface area contributed by atoms with Gasteiger partial charge in [0, 0.05) is 70.9 Å². The number of hydrogen-bond acceptors (Lipinski definition) is 4. The zero-order valence-electron chi connectivity index (χ0n) is 14.8. The number of guanidine groups is 1. The number of nitrogens with one attached hydrogen (secondary N) is 2. The fourth-order valence-electron chi connectivity index (χ4n) is 4.02. The average molecular weight is 437 g/mol. The molecule has 1 aliphatic carbocycles. The summed E-state index contributed by atoms with van der Waals surface area (Å²) >= 11 is 0. The number of aliphatic imine (C=N–C) groups is 1. The summed E-state index contributed by atoms with van der Waals surface area (Å²) in [5.74, 6) is 0.922. The van der Waals surface area contributed by atoms with Gasteiger partial charge in [-0.25, -0.2) is 0 Å². The molecule has 0 spiro atoms. The molecular weight excluding hydrogens is 405 g/mol. The Morgan fingerprint density at radius 2 is 1.96 bits per heavy atom. The maximum absolute atomic E-state index is 5.52. The van der Waals surface area contributed by atoms with Gasteiger partial charge in [-0.15, -0.1) is 24.0 Å². The van der Waals surface area contributed by atoms with Gasteiger partial charge in [0.25, 0.3) is 0 Å². The summed E-state index contributed by atoms with van der Waals surface area (Å²) in [6.07, 6.45) is 1.39. The molecule has 3 unspecified atom stereocenters. The number of rotatable bonds is 4. The maximum atomic E-state index is 5.52. The highest BCUT2D eigenvalue weighted by Crippen LogP contribution is 2.42. The Morgan fingerprint density at radius 3 is 2.43 bits per heavy atom. The van der Waals surface area contributed by atoms with Crippen LogP contribution in [0.2, 0.25) is 0 Å². The van der Waals surface area contributed by atoms with E-state index in [4.69, 9.17) is 4.74 Å². The van der Waals surface area contributed by atoms with Gasteiger partial charge in [-0.2, -0.15) is 0 Å². The summed E-state index contributed by atoms with van der Waals surface area (Å²) < 4.78 is 5.52. The van der Waals surface area contributed by atoms with Crippen LogP contribution in [0.1, 0.15) is 20.3 Å². The smallest absolute Gasteiger partial charge is 0.191 e. The van der Waals surface area contributed by atoms with Crippen LogP contribution in [0.3, 0.4) is 0 Å². The minimum atomic E-state index is 0. The molecule has 2 N–H and O–H groups in total. The first-order chi connectivity index (χ1) is 10.5. The summed E-state index contributed by atoms with van der Waals surface area (Å²) in [5, 5.41) is 7.09. The van der Waals surface area contributed by atoms with Crippen LogP contribution in [-0.4, -0.2) is 87.4 Å². The molecule has 2 bridgehead atoms. The topological polar surface area (TPSA) is 52.1 Å². The SMILES string of the molecule is CN=C(NCC1CN2CCN1CC2)NC1CC(OC)C1(C)C.I. The molecule has 6 nitrogen and oxygen atoms in total. The quantitative estimate of drug-likeness (QED) is 0.383. The lowest BCUT2D eigenvalue weighted by atomic mass is 9.64. The minimum absolute atomic E-state index is 0. The molecule has 3 heterocycles. The van der Waals surface area contributed by atoms with Gasteiger partial charge < -0.3 is 15.4 Å². The molecule has 3 atom stereocenters. The number of fused-ring (bicyclic) bond motifs is 3. The third-order valence-corrected chi connectivity index (χ3v) is 5.89. The molecule has 3 aliphatic heterocycles. The van der Waals surface area contributed by atoms with Gasteiger partial charge in [0.2, 0.25) is 0 Å². The number of halogens is 1. The van der Waals surface area contributed by atoms with Crippen molar-refractivity contribution in [3.05, 3.63) is 0 Å². The summed E-state index contributed by atoms with van der Waals surface area (Å²) in [4.78, 5) is 9.57. The Morgan fingerprint density at radius 1 is 1.26 bits per heavy atom. The van der Waals surface area contributed by atoms with Crippen LogP contribution in [0, 0.1) is 5.41 Å². The monoisotopic (exact) mass is 437 g/mol.